The maximum Gasteiger partial charge on any atom is 0.262 e. The van der Waals surface area contributed by atoms with Gasteiger partial charge in [-0.2, -0.15) is 0 Å². The number of imide groups is 1. The van der Waals surface area contributed by atoms with Gasteiger partial charge in [-0.15, -0.1) is 0 Å². The summed E-state index contributed by atoms with van der Waals surface area (Å²) < 4.78 is 0. The number of hydrogen-bond donors (Lipinski definition) is 1. The van der Waals surface area contributed by atoms with Gasteiger partial charge in [0.25, 0.3) is 11.8 Å². The minimum absolute atomic E-state index is 0.230. The molecule has 3 aromatic rings. The zero-order valence-corrected chi connectivity index (χ0v) is 17.4. The molecule has 6 heteroatoms. The smallest absolute Gasteiger partial charge is 0.262 e. The Morgan fingerprint density at radius 1 is 0.839 bits per heavy atom. The molecule has 4 rings (SSSR count). The van der Waals surface area contributed by atoms with E-state index >= 15 is 0 Å². The third kappa shape index (κ3) is 4.05. The summed E-state index contributed by atoms with van der Waals surface area (Å²) in [7, 11) is 3.87. The van der Waals surface area contributed by atoms with Crippen LogP contribution in [0.2, 0.25) is 0 Å². The van der Waals surface area contributed by atoms with E-state index in [1.165, 1.54) is 0 Å². The largest absolute Gasteiger partial charge is 0.378 e. The van der Waals surface area contributed by atoms with E-state index in [1.807, 2.05) is 61.5 Å². The molecule has 1 N–H and O–H groups in total. The van der Waals surface area contributed by atoms with E-state index in [-0.39, 0.29) is 6.42 Å². The zero-order valence-electron chi connectivity index (χ0n) is 17.4. The van der Waals surface area contributed by atoms with E-state index in [2.05, 4.69) is 5.32 Å². The third-order valence-electron chi connectivity index (χ3n) is 5.36. The summed E-state index contributed by atoms with van der Waals surface area (Å²) in [6.45, 7) is 0. The number of hydrogen-bond acceptors (Lipinski definition) is 4. The normalized spacial score (nSPS) is 13.7. The van der Waals surface area contributed by atoms with Gasteiger partial charge >= 0.3 is 0 Å². The van der Waals surface area contributed by atoms with Crippen LogP contribution in [0.25, 0.3) is 0 Å². The average Bonchev–Trinajstić information content (AvgIpc) is 3.03. The van der Waals surface area contributed by atoms with Crippen molar-refractivity contribution in [3.05, 3.63) is 95.6 Å². The van der Waals surface area contributed by atoms with Crippen LogP contribution in [-0.2, 0) is 11.2 Å². The lowest BCUT2D eigenvalue weighted by Gasteiger charge is -2.25. The molecule has 1 heterocycles. The molecule has 0 radical (unpaired) electrons. The van der Waals surface area contributed by atoms with E-state index in [4.69, 9.17) is 0 Å². The number of nitrogens with one attached hydrogen (secondary N) is 1. The van der Waals surface area contributed by atoms with Crippen LogP contribution in [0.15, 0.2) is 78.9 Å². The maximum absolute atomic E-state index is 13.3. The Bertz CT molecular complexity index is 1090. The highest BCUT2D eigenvalue weighted by atomic mass is 16.2. The van der Waals surface area contributed by atoms with E-state index < -0.39 is 23.8 Å². The van der Waals surface area contributed by atoms with Gasteiger partial charge in [-0.25, -0.2) is 0 Å². The zero-order chi connectivity index (χ0) is 22.0. The van der Waals surface area contributed by atoms with E-state index in [9.17, 15) is 14.4 Å². The quantitative estimate of drug-likeness (QED) is 0.627. The predicted octanol–water partition coefficient (Wildman–Crippen LogP) is 3.60. The molecule has 0 fully saturated rings. The van der Waals surface area contributed by atoms with Gasteiger partial charge in [-0.1, -0.05) is 42.5 Å². The second-order valence-electron chi connectivity index (χ2n) is 7.66. The summed E-state index contributed by atoms with van der Waals surface area (Å²) in [5.74, 6) is -1.30. The fourth-order valence-electron chi connectivity index (χ4n) is 3.70. The summed E-state index contributed by atoms with van der Waals surface area (Å²) in [6, 6.07) is 22.5. The lowest BCUT2D eigenvalue weighted by atomic mass is 10.0. The van der Waals surface area contributed by atoms with Gasteiger partial charge in [0.15, 0.2) is 0 Å². The van der Waals surface area contributed by atoms with Crippen LogP contribution in [0.5, 0.6) is 0 Å². The van der Waals surface area contributed by atoms with Crippen molar-refractivity contribution in [2.45, 2.75) is 12.5 Å². The second kappa shape index (κ2) is 8.44. The van der Waals surface area contributed by atoms with Crippen molar-refractivity contribution < 1.29 is 14.4 Å². The van der Waals surface area contributed by atoms with Crippen molar-refractivity contribution in [3.8, 4) is 0 Å². The number of nitrogens with zero attached hydrogens (tertiary/aromatic N) is 2. The Labute approximate surface area is 181 Å². The molecule has 1 atom stereocenters. The second-order valence-corrected chi connectivity index (χ2v) is 7.66. The predicted molar refractivity (Wildman–Crippen MR) is 120 cm³/mol. The number of fused-ring (bicyclic) bond motifs is 1. The van der Waals surface area contributed by atoms with Gasteiger partial charge in [-0.3, -0.25) is 19.3 Å². The van der Waals surface area contributed by atoms with Crippen LogP contribution in [-0.4, -0.2) is 42.8 Å². The third-order valence-corrected chi connectivity index (χ3v) is 5.36. The molecule has 1 aliphatic rings. The first kappa shape index (κ1) is 20.3. The number of carbonyl (C=O) groups excluding carboxylic acids is 3. The highest BCUT2D eigenvalue weighted by Gasteiger charge is 2.42. The molecule has 156 valence electrons. The van der Waals surface area contributed by atoms with Crippen molar-refractivity contribution in [1.82, 2.24) is 4.90 Å². The monoisotopic (exact) mass is 413 g/mol. The molecule has 0 unspecified atom stereocenters. The van der Waals surface area contributed by atoms with Gasteiger partial charge in [0.1, 0.15) is 6.04 Å². The first-order valence-electron chi connectivity index (χ1n) is 10.0. The molecule has 0 saturated heterocycles. The molecule has 0 bridgehead atoms. The molecule has 0 aromatic heterocycles. The van der Waals surface area contributed by atoms with Crippen LogP contribution in [0.4, 0.5) is 11.4 Å². The molecule has 1 aliphatic heterocycles. The van der Waals surface area contributed by atoms with Gasteiger partial charge in [0.2, 0.25) is 5.91 Å². The van der Waals surface area contributed by atoms with E-state index in [1.54, 1.807) is 36.4 Å². The summed E-state index contributed by atoms with van der Waals surface area (Å²) in [4.78, 5) is 42.4. The number of rotatable bonds is 6. The highest BCUT2D eigenvalue weighted by Crippen LogP contribution is 2.27. The minimum Gasteiger partial charge on any atom is -0.378 e. The topological polar surface area (TPSA) is 69.7 Å². The fraction of sp³-hybridized carbons (Fsp3) is 0.160. The molecule has 3 amide bonds. The molecule has 31 heavy (non-hydrogen) atoms. The van der Waals surface area contributed by atoms with Crippen LogP contribution in [0.3, 0.4) is 0 Å². The van der Waals surface area contributed by atoms with Gasteiger partial charge in [0.05, 0.1) is 11.1 Å². The summed E-state index contributed by atoms with van der Waals surface area (Å²) >= 11 is 0. The van der Waals surface area contributed by atoms with Crippen molar-refractivity contribution in [2.24, 2.45) is 0 Å². The molecule has 0 saturated carbocycles. The Morgan fingerprint density at radius 3 is 1.94 bits per heavy atom. The van der Waals surface area contributed by atoms with Crippen LogP contribution in [0, 0.1) is 0 Å². The van der Waals surface area contributed by atoms with Gasteiger partial charge in [0, 0.05) is 31.9 Å². The Balaban J connectivity index is 1.64. The van der Waals surface area contributed by atoms with Gasteiger partial charge < -0.3 is 10.2 Å². The summed E-state index contributed by atoms with van der Waals surface area (Å²) in [5.41, 5.74) is 3.12. The van der Waals surface area contributed by atoms with E-state index in [0.717, 1.165) is 16.2 Å². The number of amides is 3. The van der Waals surface area contributed by atoms with E-state index in [0.29, 0.717) is 16.8 Å². The Morgan fingerprint density at radius 2 is 1.39 bits per heavy atom. The number of benzene rings is 3. The highest BCUT2D eigenvalue weighted by molar-refractivity contribution is 6.23. The maximum atomic E-state index is 13.3. The standard InChI is InChI=1S/C25H23N3O3/c1-27(2)19-14-12-18(13-15-19)26-23(29)22(16-17-8-4-3-5-9-17)28-24(30)20-10-6-7-11-21(20)25(28)31/h3-15,22H,16H2,1-2H3,(H,26,29)/t22-/m1/s1. The van der Waals surface area contributed by atoms with Crippen LogP contribution < -0.4 is 10.2 Å². The molecular formula is C25H23N3O3. The molecule has 0 spiro atoms. The minimum atomic E-state index is -0.969. The average molecular weight is 413 g/mol. The number of carbonyl (C=O) groups is 3. The van der Waals surface area contributed by atoms with Gasteiger partial charge in [-0.05, 0) is 42.0 Å². The lowest BCUT2D eigenvalue weighted by molar-refractivity contribution is -0.119. The first-order valence-corrected chi connectivity index (χ1v) is 10.0. The molecular weight excluding hydrogens is 390 g/mol. The number of anilines is 2. The summed E-state index contributed by atoms with van der Waals surface area (Å²) in [6.07, 6.45) is 0.230. The van der Waals surface area contributed by atoms with Crippen molar-refractivity contribution >= 4 is 29.1 Å². The fourth-order valence-corrected chi connectivity index (χ4v) is 3.70. The van der Waals surface area contributed by atoms with Crippen LogP contribution >= 0.6 is 0 Å². The molecule has 0 aliphatic carbocycles. The Hall–Kier alpha value is -3.93. The molecule has 6 nitrogen and oxygen atoms in total. The first-order chi connectivity index (χ1) is 15.0. The van der Waals surface area contributed by atoms with Crippen molar-refractivity contribution in [1.29, 1.82) is 0 Å². The SMILES string of the molecule is CN(C)c1ccc(NC(=O)[C@@H](Cc2ccccc2)N2C(=O)c3ccccc3C2=O)cc1. The molecule has 3 aromatic carbocycles. The summed E-state index contributed by atoms with van der Waals surface area (Å²) in [5, 5.41) is 2.87. The van der Waals surface area contributed by atoms with Crippen molar-refractivity contribution in [2.75, 3.05) is 24.3 Å². The Kier molecular flexibility index (Phi) is 5.54. The lowest BCUT2D eigenvalue weighted by Crippen LogP contribution is -2.48. The van der Waals surface area contributed by atoms with Crippen LogP contribution in [0.1, 0.15) is 26.3 Å². The van der Waals surface area contributed by atoms with Crippen molar-refractivity contribution in [3.63, 3.8) is 0 Å².